The van der Waals surface area contributed by atoms with Crippen LogP contribution in [-0.4, -0.2) is 58.5 Å². The molecule has 0 aliphatic heterocycles. The van der Waals surface area contributed by atoms with Gasteiger partial charge in [-0.05, 0) is 38.1 Å². The highest BCUT2D eigenvalue weighted by atomic mass is 32.2. The van der Waals surface area contributed by atoms with Gasteiger partial charge in [0.05, 0.1) is 12.0 Å². The Kier molecular flexibility index (Phi) is 6.73. The number of amides is 1. The van der Waals surface area contributed by atoms with Crippen molar-refractivity contribution in [2.24, 2.45) is 0 Å². The Morgan fingerprint density at radius 3 is 2.12 bits per heavy atom. The maximum Gasteiger partial charge on any atom is 0.324 e. The lowest BCUT2D eigenvalue weighted by molar-refractivity contribution is -0.159. The molecule has 0 aromatic heterocycles. The smallest absolute Gasteiger partial charge is 0.324 e. The van der Waals surface area contributed by atoms with Crippen molar-refractivity contribution in [3.63, 3.8) is 0 Å². The van der Waals surface area contributed by atoms with Crippen LogP contribution in [0.5, 0.6) is 5.75 Å². The van der Waals surface area contributed by atoms with Gasteiger partial charge in [0, 0.05) is 14.1 Å². The molecule has 0 spiro atoms. The third kappa shape index (κ3) is 5.20. The fourth-order valence-corrected chi connectivity index (χ4v) is 2.99. The number of hydrogen-bond acceptors (Lipinski definition) is 6. The van der Waals surface area contributed by atoms with E-state index in [0.717, 1.165) is 0 Å². The first-order valence-corrected chi connectivity index (χ1v) is 8.65. The molecule has 9 heteroatoms. The standard InChI is InChI=1S/C15H22N2O6S/c1-10(15(19)23-11(2)14(18)17(3)4)16-24(20,21)13-8-6-12(22-5)7-9-13/h6-11,16H,1-5H3. The number of nitrogens with zero attached hydrogens (tertiary/aromatic N) is 1. The molecule has 0 saturated heterocycles. The van der Waals surface area contributed by atoms with Crippen molar-refractivity contribution < 1.29 is 27.5 Å². The van der Waals surface area contributed by atoms with Crippen LogP contribution in [0.4, 0.5) is 0 Å². The van der Waals surface area contributed by atoms with E-state index in [1.165, 1.54) is 64.2 Å². The average Bonchev–Trinajstić information content (AvgIpc) is 2.53. The number of ether oxygens (including phenoxy) is 2. The summed E-state index contributed by atoms with van der Waals surface area (Å²) in [6.45, 7) is 2.77. The number of rotatable bonds is 7. The first-order valence-electron chi connectivity index (χ1n) is 7.16. The summed E-state index contributed by atoms with van der Waals surface area (Å²) in [5, 5.41) is 0. The third-order valence-electron chi connectivity index (χ3n) is 3.14. The Labute approximate surface area is 141 Å². The van der Waals surface area contributed by atoms with Crippen LogP contribution in [0, 0.1) is 0 Å². The quantitative estimate of drug-likeness (QED) is 0.707. The number of benzene rings is 1. The number of methoxy groups -OCH3 is 1. The maximum absolute atomic E-state index is 12.2. The third-order valence-corrected chi connectivity index (χ3v) is 4.69. The van der Waals surface area contributed by atoms with Crippen LogP contribution in [-0.2, 0) is 24.3 Å². The average molecular weight is 358 g/mol. The Hall–Kier alpha value is -2.13. The van der Waals surface area contributed by atoms with E-state index in [1.807, 2.05) is 0 Å². The van der Waals surface area contributed by atoms with Crippen molar-refractivity contribution in [1.82, 2.24) is 9.62 Å². The van der Waals surface area contributed by atoms with Gasteiger partial charge in [0.15, 0.2) is 6.10 Å². The second kappa shape index (κ2) is 8.11. The van der Waals surface area contributed by atoms with Crippen molar-refractivity contribution >= 4 is 21.9 Å². The number of carbonyl (C=O) groups is 2. The molecule has 8 nitrogen and oxygen atoms in total. The molecule has 24 heavy (non-hydrogen) atoms. The van der Waals surface area contributed by atoms with Gasteiger partial charge >= 0.3 is 5.97 Å². The fourth-order valence-electron chi connectivity index (χ4n) is 1.79. The van der Waals surface area contributed by atoms with Gasteiger partial charge in [-0.3, -0.25) is 9.59 Å². The zero-order chi connectivity index (χ0) is 18.5. The van der Waals surface area contributed by atoms with Gasteiger partial charge in [0.1, 0.15) is 11.8 Å². The Bertz CT molecular complexity index is 684. The summed E-state index contributed by atoms with van der Waals surface area (Å²) in [7, 11) is 0.625. The lowest BCUT2D eigenvalue weighted by Gasteiger charge is -2.20. The second-order valence-electron chi connectivity index (χ2n) is 5.33. The van der Waals surface area contributed by atoms with Gasteiger partial charge in [-0.1, -0.05) is 0 Å². The van der Waals surface area contributed by atoms with Crippen LogP contribution in [0.25, 0.3) is 0 Å². The van der Waals surface area contributed by atoms with E-state index in [4.69, 9.17) is 9.47 Å². The molecule has 0 bridgehead atoms. The van der Waals surface area contributed by atoms with E-state index in [1.54, 1.807) is 0 Å². The van der Waals surface area contributed by atoms with Crippen LogP contribution in [0.1, 0.15) is 13.8 Å². The van der Waals surface area contributed by atoms with Crippen molar-refractivity contribution in [2.45, 2.75) is 30.9 Å². The molecule has 0 fully saturated rings. The Morgan fingerprint density at radius 2 is 1.67 bits per heavy atom. The summed E-state index contributed by atoms with van der Waals surface area (Å²) in [6, 6.07) is 4.56. The monoisotopic (exact) mass is 358 g/mol. The minimum absolute atomic E-state index is 0.0135. The minimum atomic E-state index is -3.90. The van der Waals surface area contributed by atoms with Crippen molar-refractivity contribution in [1.29, 1.82) is 0 Å². The fraction of sp³-hybridized carbons (Fsp3) is 0.467. The molecule has 0 aliphatic carbocycles. The number of sulfonamides is 1. The molecule has 134 valence electrons. The molecule has 0 saturated carbocycles. The molecule has 2 atom stereocenters. The normalized spacial score (nSPS) is 13.7. The highest BCUT2D eigenvalue weighted by Crippen LogP contribution is 2.15. The molecule has 1 N–H and O–H groups in total. The topological polar surface area (TPSA) is 102 Å². The number of likely N-dealkylation sites (N-methyl/N-ethyl adjacent to an activating group) is 1. The van der Waals surface area contributed by atoms with Gasteiger partial charge in [-0.25, -0.2) is 8.42 Å². The summed E-state index contributed by atoms with van der Waals surface area (Å²) in [5.74, 6) is -0.722. The van der Waals surface area contributed by atoms with E-state index >= 15 is 0 Å². The first-order chi connectivity index (χ1) is 11.1. The molecule has 1 rings (SSSR count). The molecule has 1 amide bonds. The molecule has 1 aromatic carbocycles. The molecular weight excluding hydrogens is 336 g/mol. The van der Waals surface area contributed by atoms with Crippen LogP contribution in [0.3, 0.4) is 0 Å². The highest BCUT2D eigenvalue weighted by Gasteiger charge is 2.26. The number of hydrogen-bond donors (Lipinski definition) is 1. The summed E-state index contributed by atoms with van der Waals surface area (Å²) in [6.07, 6.45) is -1.000. The van der Waals surface area contributed by atoms with Gasteiger partial charge in [0.25, 0.3) is 5.91 Å². The van der Waals surface area contributed by atoms with E-state index in [9.17, 15) is 18.0 Å². The van der Waals surface area contributed by atoms with E-state index in [2.05, 4.69) is 4.72 Å². The van der Waals surface area contributed by atoms with E-state index < -0.39 is 34.0 Å². The Morgan fingerprint density at radius 1 is 1.12 bits per heavy atom. The zero-order valence-corrected chi connectivity index (χ0v) is 15.1. The minimum Gasteiger partial charge on any atom is -0.497 e. The first kappa shape index (κ1) is 19.9. The van der Waals surface area contributed by atoms with Gasteiger partial charge < -0.3 is 14.4 Å². The van der Waals surface area contributed by atoms with Crippen LogP contribution < -0.4 is 9.46 Å². The van der Waals surface area contributed by atoms with Crippen molar-refractivity contribution in [3.8, 4) is 5.75 Å². The van der Waals surface area contributed by atoms with E-state index in [0.29, 0.717) is 5.75 Å². The predicted molar refractivity (Wildman–Crippen MR) is 87.0 cm³/mol. The summed E-state index contributed by atoms with van der Waals surface area (Å²) >= 11 is 0. The van der Waals surface area contributed by atoms with Crippen LogP contribution in [0.2, 0.25) is 0 Å². The summed E-state index contributed by atoms with van der Waals surface area (Å²) in [4.78, 5) is 24.9. The number of nitrogens with one attached hydrogen (secondary N) is 1. The number of carbonyl (C=O) groups excluding carboxylic acids is 2. The summed E-state index contributed by atoms with van der Waals surface area (Å²) < 4.78 is 36.6. The highest BCUT2D eigenvalue weighted by molar-refractivity contribution is 7.89. The second-order valence-corrected chi connectivity index (χ2v) is 7.04. The SMILES string of the molecule is COc1ccc(S(=O)(=O)NC(C)C(=O)OC(C)C(=O)N(C)C)cc1. The lowest BCUT2D eigenvalue weighted by Crippen LogP contribution is -2.43. The molecule has 0 radical (unpaired) electrons. The largest absolute Gasteiger partial charge is 0.497 e. The molecule has 0 heterocycles. The van der Waals surface area contributed by atoms with Crippen molar-refractivity contribution in [3.05, 3.63) is 24.3 Å². The Balaban J connectivity index is 2.75. The van der Waals surface area contributed by atoms with Gasteiger partial charge in [-0.2, -0.15) is 4.72 Å². The van der Waals surface area contributed by atoms with Crippen LogP contribution >= 0.6 is 0 Å². The molecule has 0 aliphatic rings. The van der Waals surface area contributed by atoms with Gasteiger partial charge in [0.2, 0.25) is 10.0 Å². The lowest BCUT2D eigenvalue weighted by atomic mass is 10.3. The zero-order valence-electron chi connectivity index (χ0n) is 14.3. The summed E-state index contributed by atoms with van der Waals surface area (Å²) in [5.41, 5.74) is 0. The predicted octanol–water partition coefficient (Wildman–Crippen LogP) is 0.382. The van der Waals surface area contributed by atoms with Crippen molar-refractivity contribution in [2.75, 3.05) is 21.2 Å². The molecular formula is C15H22N2O6S. The van der Waals surface area contributed by atoms with E-state index in [-0.39, 0.29) is 4.90 Å². The molecule has 2 unspecified atom stereocenters. The maximum atomic E-state index is 12.2. The number of esters is 1. The van der Waals surface area contributed by atoms with Crippen LogP contribution in [0.15, 0.2) is 29.2 Å². The molecule has 1 aromatic rings. The van der Waals surface area contributed by atoms with Gasteiger partial charge in [-0.15, -0.1) is 0 Å².